The molecule has 0 aliphatic carbocycles. The van der Waals surface area contributed by atoms with E-state index >= 15 is 0 Å². The summed E-state index contributed by atoms with van der Waals surface area (Å²) in [5.74, 6) is -1.25. The first kappa shape index (κ1) is 12.0. The van der Waals surface area contributed by atoms with Crippen molar-refractivity contribution in [1.29, 1.82) is 0 Å². The lowest BCUT2D eigenvalue weighted by Gasteiger charge is -2.04. The van der Waals surface area contributed by atoms with E-state index in [9.17, 15) is 4.79 Å². The van der Waals surface area contributed by atoms with E-state index in [1.165, 1.54) is 6.26 Å². The van der Waals surface area contributed by atoms with Crippen LogP contribution in [0.2, 0.25) is 0 Å². The molecular weight excluding hydrogens is 170 g/mol. The van der Waals surface area contributed by atoms with Crippen molar-refractivity contribution in [2.45, 2.75) is 19.8 Å². The van der Waals surface area contributed by atoms with Crippen molar-refractivity contribution in [3.8, 4) is 0 Å². The fraction of sp³-hybridized carbons (Fsp3) is 0.667. The van der Waals surface area contributed by atoms with Gasteiger partial charge < -0.3 is 15.6 Å². The van der Waals surface area contributed by atoms with Crippen LogP contribution in [0.5, 0.6) is 0 Å². The molecule has 0 heterocycles. The molecule has 0 fully saturated rings. The van der Waals surface area contributed by atoms with Gasteiger partial charge in [-0.15, -0.1) is 0 Å². The van der Waals surface area contributed by atoms with Crippen molar-refractivity contribution < 1.29 is 14.6 Å². The third kappa shape index (κ3) is 6.16. The fourth-order valence-electron chi connectivity index (χ4n) is 0.899. The van der Waals surface area contributed by atoms with Gasteiger partial charge in [-0.2, -0.15) is 0 Å². The van der Waals surface area contributed by atoms with Gasteiger partial charge in [0.25, 0.3) is 0 Å². The van der Waals surface area contributed by atoms with Gasteiger partial charge in [-0.1, -0.05) is 13.3 Å². The lowest BCUT2D eigenvalue weighted by Crippen LogP contribution is -2.11. The van der Waals surface area contributed by atoms with E-state index in [2.05, 4.69) is 0 Å². The molecule has 0 rings (SSSR count). The maximum Gasteiger partial charge on any atom is 0.310 e. The fourth-order valence-corrected chi connectivity index (χ4v) is 0.899. The van der Waals surface area contributed by atoms with Crippen LogP contribution in [-0.2, 0) is 9.53 Å². The molecule has 4 heteroatoms. The predicted octanol–water partition coefficient (Wildman–Crippen LogP) is 0.976. The molecule has 0 aliphatic heterocycles. The highest BCUT2D eigenvalue weighted by Gasteiger charge is 2.11. The monoisotopic (exact) mass is 187 g/mol. The topological polar surface area (TPSA) is 72.5 Å². The van der Waals surface area contributed by atoms with Crippen molar-refractivity contribution in [3.05, 3.63) is 12.3 Å². The number of carbonyl (C=O) groups is 1. The molecule has 0 amide bonds. The second-order valence-corrected chi connectivity index (χ2v) is 2.72. The van der Waals surface area contributed by atoms with E-state index in [-0.39, 0.29) is 0 Å². The van der Waals surface area contributed by atoms with Crippen LogP contribution in [-0.4, -0.2) is 24.2 Å². The first-order chi connectivity index (χ1) is 6.22. The summed E-state index contributed by atoms with van der Waals surface area (Å²) in [6, 6.07) is 0. The minimum Gasteiger partial charge on any atom is -0.500 e. The highest BCUT2D eigenvalue weighted by molar-refractivity contribution is 5.71. The molecule has 0 aromatic rings. The van der Waals surface area contributed by atoms with Crippen LogP contribution in [0.3, 0.4) is 0 Å². The summed E-state index contributed by atoms with van der Waals surface area (Å²) in [7, 11) is 0. The molecule has 0 unspecified atom stereocenters. The number of aliphatic carboxylic acids is 1. The van der Waals surface area contributed by atoms with Gasteiger partial charge in [0.05, 0.1) is 18.8 Å². The van der Waals surface area contributed by atoms with Crippen molar-refractivity contribution in [1.82, 2.24) is 0 Å². The van der Waals surface area contributed by atoms with E-state index in [4.69, 9.17) is 15.6 Å². The van der Waals surface area contributed by atoms with Crippen molar-refractivity contribution in [2.24, 2.45) is 11.7 Å². The third-order valence-corrected chi connectivity index (χ3v) is 1.56. The van der Waals surface area contributed by atoms with Gasteiger partial charge in [0.2, 0.25) is 0 Å². The lowest BCUT2D eigenvalue weighted by molar-refractivity contribution is -0.140. The van der Waals surface area contributed by atoms with Gasteiger partial charge in [-0.05, 0) is 12.5 Å². The number of hydrogen-bond acceptors (Lipinski definition) is 3. The van der Waals surface area contributed by atoms with Gasteiger partial charge in [-0.25, -0.2) is 0 Å². The van der Waals surface area contributed by atoms with Gasteiger partial charge in [0.15, 0.2) is 0 Å². The van der Waals surface area contributed by atoms with Gasteiger partial charge in [0, 0.05) is 6.54 Å². The Labute approximate surface area is 78.4 Å². The summed E-state index contributed by atoms with van der Waals surface area (Å²) >= 11 is 0. The number of hydrogen-bond donors (Lipinski definition) is 2. The quantitative estimate of drug-likeness (QED) is 0.460. The molecule has 4 nitrogen and oxygen atoms in total. The molecule has 1 atom stereocenters. The first-order valence-corrected chi connectivity index (χ1v) is 4.43. The number of nitrogens with two attached hydrogens (primary N) is 1. The van der Waals surface area contributed by atoms with Crippen LogP contribution in [0.4, 0.5) is 0 Å². The highest BCUT2D eigenvalue weighted by Crippen LogP contribution is 2.07. The van der Waals surface area contributed by atoms with Gasteiger partial charge in [-0.3, -0.25) is 4.79 Å². The van der Waals surface area contributed by atoms with Crippen LogP contribution in [0, 0.1) is 5.92 Å². The number of rotatable bonds is 7. The summed E-state index contributed by atoms with van der Waals surface area (Å²) in [5.41, 5.74) is 5.19. The molecule has 0 aromatic heterocycles. The molecule has 0 aliphatic rings. The van der Waals surface area contributed by atoms with E-state index < -0.39 is 11.9 Å². The zero-order chi connectivity index (χ0) is 10.1. The number of carboxylic acids is 1. The zero-order valence-corrected chi connectivity index (χ0v) is 7.90. The zero-order valence-electron chi connectivity index (χ0n) is 7.90. The Morgan fingerprint density at radius 1 is 1.69 bits per heavy atom. The average Bonchev–Trinajstić information content (AvgIpc) is 2.10. The predicted molar refractivity (Wildman–Crippen MR) is 50.2 cm³/mol. The lowest BCUT2D eigenvalue weighted by atomic mass is 10.0. The second kappa shape index (κ2) is 7.61. The summed E-state index contributed by atoms with van der Waals surface area (Å²) in [6.45, 7) is 2.81. The Balaban J connectivity index is 3.79. The molecule has 0 spiro atoms. The summed E-state index contributed by atoms with van der Waals surface area (Å²) in [5, 5.41) is 8.73. The number of carboxylic acid groups (broad SMARTS) is 1. The molecule has 3 N–H and O–H groups in total. The Morgan fingerprint density at radius 2 is 2.38 bits per heavy atom. The minimum absolute atomic E-state index is 0.426. The number of ether oxygens (including phenoxy) is 1. The third-order valence-electron chi connectivity index (χ3n) is 1.56. The van der Waals surface area contributed by atoms with Crippen molar-refractivity contribution in [3.63, 3.8) is 0 Å². The summed E-state index contributed by atoms with van der Waals surface area (Å²) in [6.07, 6.45) is 4.46. The highest BCUT2D eigenvalue weighted by atomic mass is 16.5. The van der Waals surface area contributed by atoms with E-state index in [1.807, 2.05) is 6.92 Å². The van der Waals surface area contributed by atoms with Crippen molar-refractivity contribution in [2.75, 3.05) is 13.2 Å². The maximum absolute atomic E-state index is 10.6. The Hall–Kier alpha value is -1.03. The van der Waals surface area contributed by atoms with Crippen LogP contribution in [0.15, 0.2) is 12.3 Å². The van der Waals surface area contributed by atoms with E-state index in [0.717, 1.165) is 6.42 Å². The Kier molecular flexibility index (Phi) is 7.01. The normalized spacial score (nSPS) is 13.1. The van der Waals surface area contributed by atoms with Crippen LogP contribution < -0.4 is 5.73 Å². The molecule has 0 saturated heterocycles. The van der Waals surface area contributed by atoms with Gasteiger partial charge >= 0.3 is 5.97 Å². The molecule has 13 heavy (non-hydrogen) atoms. The Bertz CT molecular complexity index is 168. The molecule has 76 valence electrons. The van der Waals surface area contributed by atoms with E-state index in [1.54, 1.807) is 6.08 Å². The van der Waals surface area contributed by atoms with Crippen LogP contribution in [0.1, 0.15) is 19.8 Å². The molecule has 0 radical (unpaired) electrons. The molecule has 0 aromatic carbocycles. The largest absolute Gasteiger partial charge is 0.500 e. The van der Waals surface area contributed by atoms with Crippen LogP contribution in [0.25, 0.3) is 0 Å². The minimum atomic E-state index is -0.811. The molecule has 0 saturated carbocycles. The summed E-state index contributed by atoms with van der Waals surface area (Å²) in [4.78, 5) is 10.6. The standard InChI is InChI=1S/C9H17NO3/c1-2-3-8(9(11)12)4-6-13-7-5-10/h4,6,8H,2-3,5,7,10H2,1H3,(H,11,12)/b6-4+/t8-/m1/s1. The smallest absolute Gasteiger partial charge is 0.310 e. The van der Waals surface area contributed by atoms with Crippen LogP contribution >= 0.6 is 0 Å². The average molecular weight is 187 g/mol. The summed E-state index contributed by atoms with van der Waals surface area (Å²) < 4.78 is 4.94. The Morgan fingerprint density at radius 3 is 2.85 bits per heavy atom. The van der Waals surface area contributed by atoms with Crippen molar-refractivity contribution >= 4 is 5.97 Å². The molecular formula is C9H17NO3. The molecule has 0 bridgehead atoms. The van der Waals surface area contributed by atoms with Gasteiger partial charge in [0.1, 0.15) is 0 Å². The SMILES string of the molecule is CCC[C@H](/C=C/OCCN)C(=O)O. The first-order valence-electron chi connectivity index (χ1n) is 4.43. The van der Waals surface area contributed by atoms with E-state index in [0.29, 0.717) is 19.6 Å². The second-order valence-electron chi connectivity index (χ2n) is 2.72. The maximum atomic E-state index is 10.6.